The highest BCUT2D eigenvalue weighted by atomic mass is 16.3. The third-order valence-corrected chi connectivity index (χ3v) is 7.96. The van der Waals surface area contributed by atoms with E-state index in [0.29, 0.717) is 29.4 Å². The van der Waals surface area contributed by atoms with Crippen LogP contribution in [0.25, 0.3) is 44.2 Å². The molecule has 218 valence electrons. The molecule has 0 fully saturated rings. The number of rotatable bonds is 6. The lowest BCUT2D eigenvalue weighted by Gasteiger charge is -2.13. The number of furan rings is 1. The van der Waals surface area contributed by atoms with Crippen LogP contribution in [0.5, 0.6) is 0 Å². The number of nitrogens with zero attached hydrogens (tertiary/aromatic N) is 4. The van der Waals surface area contributed by atoms with Gasteiger partial charge in [-0.05, 0) is 58.8 Å². The van der Waals surface area contributed by atoms with Crippen LogP contribution in [-0.4, -0.2) is 18.4 Å². The molecule has 46 heavy (non-hydrogen) atoms. The molecule has 0 atom stereocenters. The van der Waals surface area contributed by atoms with Crippen molar-refractivity contribution in [2.45, 2.75) is 6.54 Å². The molecule has 7 aromatic rings. The van der Waals surface area contributed by atoms with Gasteiger partial charge in [0.1, 0.15) is 11.2 Å². The maximum atomic E-state index is 9.21. The zero-order valence-electron chi connectivity index (χ0n) is 25.0. The number of amidine groups is 2. The monoisotopic (exact) mass is 592 g/mol. The molecule has 1 aromatic heterocycles. The third-order valence-electron chi connectivity index (χ3n) is 7.96. The molecule has 1 heterocycles. The summed E-state index contributed by atoms with van der Waals surface area (Å²) in [5.74, 6) is 0.980. The van der Waals surface area contributed by atoms with E-state index in [-0.39, 0.29) is 0 Å². The van der Waals surface area contributed by atoms with Gasteiger partial charge in [0.2, 0.25) is 0 Å². The van der Waals surface area contributed by atoms with E-state index in [1.807, 2.05) is 91.0 Å². The summed E-state index contributed by atoms with van der Waals surface area (Å²) >= 11 is 0. The van der Waals surface area contributed by atoms with E-state index in [4.69, 9.17) is 14.4 Å². The van der Waals surface area contributed by atoms with Gasteiger partial charge in [0, 0.05) is 16.3 Å². The molecule has 0 aliphatic carbocycles. The predicted octanol–water partition coefficient (Wildman–Crippen LogP) is 9.89. The van der Waals surface area contributed by atoms with Gasteiger partial charge in [0.15, 0.2) is 11.7 Å². The van der Waals surface area contributed by atoms with E-state index in [9.17, 15) is 5.26 Å². The van der Waals surface area contributed by atoms with Crippen LogP contribution in [0.3, 0.4) is 0 Å². The summed E-state index contributed by atoms with van der Waals surface area (Å²) in [5.41, 5.74) is 8.85. The molecule has 0 amide bonds. The summed E-state index contributed by atoms with van der Waals surface area (Å²) in [7, 11) is 0. The molecule has 7 rings (SSSR count). The maximum absolute atomic E-state index is 9.21. The summed E-state index contributed by atoms with van der Waals surface area (Å²) in [6.07, 6.45) is 0. The van der Waals surface area contributed by atoms with E-state index in [1.165, 1.54) is 0 Å². The van der Waals surface area contributed by atoms with Crippen molar-refractivity contribution in [1.82, 2.24) is 0 Å². The van der Waals surface area contributed by atoms with Gasteiger partial charge in [0.05, 0.1) is 23.7 Å². The number of benzene rings is 6. The molecule has 0 saturated heterocycles. The number of aliphatic imine (C=N–C) groups is 3. The first kappa shape index (κ1) is 28.4. The summed E-state index contributed by atoms with van der Waals surface area (Å²) in [6.45, 7) is 4.28. The number of hydrogen-bond acceptors (Lipinski definition) is 3. The minimum absolute atomic E-state index is 0.423. The molecule has 0 N–H and O–H groups in total. The van der Waals surface area contributed by atoms with Gasteiger partial charge in [-0.1, -0.05) is 121 Å². The van der Waals surface area contributed by atoms with E-state index in [1.54, 1.807) is 0 Å². The minimum Gasteiger partial charge on any atom is -0.455 e. The first-order chi connectivity index (χ1) is 22.7. The van der Waals surface area contributed by atoms with Crippen molar-refractivity contribution in [3.8, 4) is 28.3 Å². The first-order valence-corrected chi connectivity index (χ1v) is 15.0. The smallest absolute Gasteiger partial charge is 0.161 e. The zero-order chi connectivity index (χ0) is 31.3. The van der Waals surface area contributed by atoms with Gasteiger partial charge in [-0.3, -0.25) is 4.99 Å². The Morgan fingerprint density at radius 3 is 1.96 bits per heavy atom. The lowest BCUT2D eigenvalue weighted by Crippen LogP contribution is -2.07. The van der Waals surface area contributed by atoms with Gasteiger partial charge in [-0.25, -0.2) is 9.98 Å². The van der Waals surface area contributed by atoms with E-state index in [2.05, 4.69) is 72.4 Å². The molecule has 5 heteroatoms. The normalized spacial score (nSPS) is 11.9. The fraction of sp³-hybridized carbons (Fsp3) is 0.0244. The zero-order valence-corrected chi connectivity index (χ0v) is 25.0. The van der Waals surface area contributed by atoms with Gasteiger partial charge in [-0.2, -0.15) is 5.26 Å². The fourth-order valence-corrected chi connectivity index (χ4v) is 5.63. The Kier molecular flexibility index (Phi) is 7.84. The fourth-order valence-electron chi connectivity index (χ4n) is 5.63. The second-order valence-electron chi connectivity index (χ2n) is 10.8. The van der Waals surface area contributed by atoms with Crippen molar-refractivity contribution in [3.63, 3.8) is 0 Å². The van der Waals surface area contributed by atoms with E-state index in [0.717, 1.165) is 55.3 Å². The molecule has 0 aliphatic rings. The molecule has 6 aromatic carbocycles. The predicted molar refractivity (Wildman–Crippen MR) is 189 cm³/mol. The number of para-hydroxylation sites is 1. The van der Waals surface area contributed by atoms with Crippen LogP contribution in [0.15, 0.2) is 165 Å². The van der Waals surface area contributed by atoms with Gasteiger partial charge >= 0.3 is 0 Å². The molecule has 0 radical (unpaired) electrons. The van der Waals surface area contributed by atoms with Crippen molar-refractivity contribution >= 4 is 40.3 Å². The van der Waals surface area contributed by atoms with E-state index < -0.39 is 0 Å². The first-order valence-electron chi connectivity index (χ1n) is 15.0. The van der Waals surface area contributed by atoms with Crippen LogP contribution < -0.4 is 0 Å². The Balaban J connectivity index is 1.45. The minimum atomic E-state index is 0.423. The second-order valence-corrected chi connectivity index (χ2v) is 10.8. The van der Waals surface area contributed by atoms with Crippen molar-refractivity contribution in [2.75, 3.05) is 0 Å². The van der Waals surface area contributed by atoms with Crippen molar-refractivity contribution in [1.29, 1.82) is 5.26 Å². The Morgan fingerprint density at radius 1 is 0.630 bits per heavy atom. The summed E-state index contributed by atoms with van der Waals surface area (Å²) < 4.78 is 6.59. The highest BCUT2D eigenvalue weighted by Crippen LogP contribution is 2.38. The topological polar surface area (TPSA) is 74.0 Å². The average Bonchev–Trinajstić information content (AvgIpc) is 3.51. The molecule has 0 bridgehead atoms. The highest BCUT2D eigenvalue weighted by Gasteiger charge is 2.21. The summed E-state index contributed by atoms with van der Waals surface area (Å²) in [4.78, 5) is 14.5. The van der Waals surface area contributed by atoms with Gasteiger partial charge in [-0.15, -0.1) is 0 Å². The van der Waals surface area contributed by atoms with Crippen LogP contribution in [0, 0.1) is 11.3 Å². The Morgan fingerprint density at radius 2 is 1.26 bits per heavy atom. The van der Waals surface area contributed by atoms with Crippen LogP contribution in [0.1, 0.15) is 22.3 Å². The Labute approximate surface area is 267 Å². The van der Waals surface area contributed by atoms with E-state index >= 15 is 0 Å². The molecular formula is C41H28N4O. The quantitative estimate of drug-likeness (QED) is 0.142. The summed E-state index contributed by atoms with van der Waals surface area (Å²) in [5, 5.41) is 11.2. The SMILES string of the molecule is C=N/C(=N\C(=N/Cc1ccccc1)c1c(-c2ccc(-c3ccc(C#N)cc3)cc2)ccc2c1oc1ccccc12)c1ccccc1. The lowest BCUT2D eigenvalue weighted by molar-refractivity contribution is 0.668. The third kappa shape index (κ3) is 5.63. The maximum Gasteiger partial charge on any atom is 0.161 e. The van der Waals surface area contributed by atoms with Crippen molar-refractivity contribution < 1.29 is 4.42 Å². The van der Waals surface area contributed by atoms with Crippen molar-refractivity contribution in [2.24, 2.45) is 15.0 Å². The Bertz CT molecular complexity index is 2270. The van der Waals surface area contributed by atoms with Gasteiger partial charge in [0.25, 0.3) is 0 Å². The number of hydrogen-bond donors (Lipinski definition) is 0. The average molecular weight is 593 g/mol. The molecule has 0 unspecified atom stereocenters. The molecule has 0 spiro atoms. The second kappa shape index (κ2) is 12.7. The summed E-state index contributed by atoms with van der Waals surface area (Å²) in [6, 6.07) is 50.4. The van der Waals surface area contributed by atoms with Crippen LogP contribution in [0.2, 0.25) is 0 Å². The Hall–Kier alpha value is -6.38. The molecule has 0 saturated carbocycles. The molecular weight excluding hydrogens is 564 g/mol. The van der Waals surface area contributed by atoms with Crippen LogP contribution in [-0.2, 0) is 6.54 Å². The number of fused-ring (bicyclic) bond motifs is 3. The van der Waals surface area contributed by atoms with Crippen molar-refractivity contribution in [3.05, 3.63) is 168 Å². The molecule has 0 aliphatic heterocycles. The molecule has 5 nitrogen and oxygen atoms in total. The number of nitriles is 1. The highest BCUT2D eigenvalue weighted by molar-refractivity contribution is 6.22. The van der Waals surface area contributed by atoms with Gasteiger partial charge < -0.3 is 4.42 Å². The largest absolute Gasteiger partial charge is 0.455 e. The van der Waals surface area contributed by atoms with Crippen LogP contribution >= 0.6 is 0 Å². The lowest BCUT2D eigenvalue weighted by atomic mass is 9.94. The van der Waals surface area contributed by atoms with Crippen LogP contribution in [0.4, 0.5) is 0 Å². The standard InChI is InChI=1S/C41H28N4O/c1-43-40(33-12-6-3-7-13-33)45-41(44-27-29-10-4-2-5-11-29)38-34(24-25-36-35-14-8-9-15-37(35)46-39(36)38)32-22-20-31(21-23-32)30-18-16-28(26-42)17-19-30/h2-25H,1,27H2/b44-41-,45-40-.